The first-order valence-electron chi connectivity index (χ1n) is 9.30. The number of hydrogen-bond donors (Lipinski definition) is 2. The van der Waals surface area contributed by atoms with E-state index in [-0.39, 0.29) is 22.5 Å². The van der Waals surface area contributed by atoms with Crippen molar-refractivity contribution in [3.63, 3.8) is 0 Å². The van der Waals surface area contributed by atoms with Crippen molar-refractivity contribution in [3.05, 3.63) is 47.3 Å². The van der Waals surface area contributed by atoms with Gasteiger partial charge in [0, 0.05) is 13.1 Å². The summed E-state index contributed by atoms with van der Waals surface area (Å²) in [6.45, 7) is 4.00. The van der Waals surface area contributed by atoms with Gasteiger partial charge in [0.2, 0.25) is 5.95 Å². The number of aromatic nitrogens is 2. The molecule has 1 aromatic heterocycles. The number of amides is 1. The molecule has 1 fully saturated rings. The minimum atomic E-state index is -1.05. The average Bonchev–Trinajstić information content (AvgIpc) is 3.22. The van der Waals surface area contributed by atoms with Gasteiger partial charge in [0.05, 0.1) is 22.5 Å². The van der Waals surface area contributed by atoms with Gasteiger partial charge in [0.15, 0.2) is 5.82 Å². The molecule has 8 nitrogen and oxygen atoms in total. The minimum absolute atomic E-state index is 0.0933. The Hall–Kier alpha value is -3.13. The quantitative estimate of drug-likeness (QED) is 0.735. The Balaban J connectivity index is 1.70. The summed E-state index contributed by atoms with van der Waals surface area (Å²) in [4.78, 5) is 36.1. The van der Waals surface area contributed by atoms with Gasteiger partial charge in [-0.2, -0.15) is 4.98 Å². The molecule has 29 heavy (non-hydrogen) atoms. The SMILES string of the molecule is C=C1C(=O)N(C)c2cnc(Nc3ccc(C(=O)O)cc3Cl)nc2N1C1CCCC1. The molecule has 2 heterocycles. The summed E-state index contributed by atoms with van der Waals surface area (Å²) < 4.78 is 0. The third kappa shape index (κ3) is 3.40. The van der Waals surface area contributed by atoms with Crippen LogP contribution in [0.25, 0.3) is 0 Å². The Morgan fingerprint density at radius 1 is 1.34 bits per heavy atom. The summed E-state index contributed by atoms with van der Waals surface area (Å²) in [5.41, 5.74) is 1.60. The molecule has 1 saturated carbocycles. The summed E-state index contributed by atoms with van der Waals surface area (Å²) in [7, 11) is 1.68. The molecule has 2 aromatic rings. The van der Waals surface area contributed by atoms with Crippen LogP contribution < -0.4 is 15.1 Å². The number of rotatable bonds is 4. The van der Waals surface area contributed by atoms with Gasteiger partial charge in [0.25, 0.3) is 5.91 Å². The van der Waals surface area contributed by atoms with Gasteiger partial charge in [-0.1, -0.05) is 31.0 Å². The number of aromatic carboxylic acids is 1. The lowest BCUT2D eigenvalue weighted by Crippen LogP contribution is -2.46. The Morgan fingerprint density at radius 2 is 2.07 bits per heavy atom. The number of nitrogens with zero attached hydrogens (tertiary/aromatic N) is 4. The molecular formula is C20H20ClN5O3. The van der Waals surface area contributed by atoms with Crippen LogP contribution in [-0.2, 0) is 4.79 Å². The van der Waals surface area contributed by atoms with Crippen LogP contribution in [0.2, 0.25) is 5.02 Å². The van der Waals surface area contributed by atoms with Crippen LogP contribution in [0.4, 0.5) is 23.1 Å². The normalized spacial score (nSPS) is 16.9. The van der Waals surface area contributed by atoms with Crippen LogP contribution >= 0.6 is 11.6 Å². The van der Waals surface area contributed by atoms with Gasteiger partial charge in [-0.25, -0.2) is 9.78 Å². The van der Waals surface area contributed by atoms with Crippen LogP contribution in [0, 0.1) is 0 Å². The molecule has 1 aliphatic heterocycles. The van der Waals surface area contributed by atoms with E-state index >= 15 is 0 Å². The number of carbonyl (C=O) groups is 2. The molecule has 0 radical (unpaired) electrons. The molecule has 1 aromatic carbocycles. The van der Waals surface area contributed by atoms with Gasteiger partial charge in [-0.3, -0.25) is 4.79 Å². The highest BCUT2D eigenvalue weighted by atomic mass is 35.5. The number of carboxylic acids is 1. The molecule has 2 aliphatic rings. The predicted molar refractivity (Wildman–Crippen MR) is 111 cm³/mol. The number of fused-ring (bicyclic) bond motifs is 1. The largest absolute Gasteiger partial charge is 0.478 e. The van der Waals surface area contributed by atoms with Crippen LogP contribution in [0.3, 0.4) is 0 Å². The molecule has 0 atom stereocenters. The van der Waals surface area contributed by atoms with E-state index in [1.807, 2.05) is 4.90 Å². The number of nitrogens with one attached hydrogen (secondary N) is 1. The highest BCUT2D eigenvalue weighted by Crippen LogP contribution is 2.40. The molecule has 4 rings (SSSR count). The zero-order valence-electron chi connectivity index (χ0n) is 15.9. The van der Waals surface area contributed by atoms with Crippen molar-refractivity contribution in [2.24, 2.45) is 0 Å². The Kier molecular flexibility index (Phi) is 4.87. The van der Waals surface area contributed by atoms with Gasteiger partial charge >= 0.3 is 5.97 Å². The van der Waals surface area contributed by atoms with Crippen molar-refractivity contribution in [3.8, 4) is 0 Å². The minimum Gasteiger partial charge on any atom is -0.478 e. The maximum absolute atomic E-state index is 12.6. The second-order valence-corrected chi connectivity index (χ2v) is 7.55. The van der Waals surface area contributed by atoms with E-state index in [9.17, 15) is 9.59 Å². The van der Waals surface area contributed by atoms with E-state index in [1.54, 1.807) is 19.3 Å². The Morgan fingerprint density at radius 3 is 2.72 bits per heavy atom. The first-order valence-corrected chi connectivity index (χ1v) is 9.67. The highest BCUT2D eigenvalue weighted by molar-refractivity contribution is 6.33. The fourth-order valence-electron chi connectivity index (χ4n) is 3.80. The molecule has 0 spiro atoms. The lowest BCUT2D eigenvalue weighted by molar-refractivity contribution is -0.115. The van der Waals surface area contributed by atoms with E-state index in [4.69, 9.17) is 16.7 Å². The van der Waals surface area contributed by atoms with E-state index in [2.05, 4.69) is 21.9 Å². The monoisotopic (exact) mass is 413 g/mol. The molecule has 9 heteroatoms. The molecule has 0 unspecified atom stereocenters. The smallest absolute Gasteiger partial charge is 0.335 e. The first kappa shape index (κ1) is 19.2. The Labute approximate surface area is 172 Å². The van der Waals surface area contributed by atoms with E-state index in [0.717, 1.165) is 25.7 Å². The van der Waals surface area contributed by atoms with Crippen molar-refractivity contribution in [1.29, 1.82) is 0 Å². The molecule has 0 bridgehead atoms. The summed E-state index contributed by atoms with van der Waals surface area (Å²) >= 11 is 6.21. The molecule has 1 aliphatic carbocycles. The summed E-state index contributed by atoms with van der Waals surface area (Å²) in [5.74, 6) is -0.296. The van der Waals surface area contributed by atoms with Crippen molar-refractivity contribution < 1.29 is 14.7 Å². The third-order valence-electron chi connectivity index (χ3n) is 5.33. The van der Waals surface area contributed by atoms with Crippen LogP contribution in [-0.4, -0.2) is 40.0 Å². The van der Waals surface area contributed by atoms with Gasteiger partial charge in [-0.05, 0) is 31.0 Å². The average molecular weight is 414 g/mol. The standard InChI is InChI=1S/C20H20ClN5O3/c1-11-18(27)25(2)16-10-22-20(24-17(16)26(11)13-5-3-4-6-13)23-15-8-7-12(19(28)29)9-14(15)21/h7-10,13H,1,3-6H2,2H3,(H,28,29)(H,22,23,24). The molecule has 0 saturated heterocycles. The second-order valence-electron chi connectivity index (χ2n) is 7.15. The van der Waals surface area contributed by atoms with E-state index < -0.39 is 5.97 Å². The maximum atomic E-state index is 12.6. The summed E-state index contributed by atoms with van der Waals surface area (Å²) in [6.07, 6.45) is 5.76. The number of carboxylic acid groups (broad SMARTS) is 1. The number of likely N-dealkylation sites (N-methyl/N-ethyl adjacent to an activating group) is 1. The summed E-state index contributed by atoms with van der Waals surface area (Å²) in [5, 5.41) is 12.4. The molecule has 150 valence electrons. The zero-order chi connectivity index (χ0) is 20.7. The van der Waals surface area contributed by atoms with Crippen LogP contribution in [0.15, 0.2) is 36.7 Å². The van der Waals surface area contributed by atoms with Gasteiger partial charge in [-0.15, -0.1) is 0 Å². The second kappa shape index (κ2) is 7.36. The number of hydrogen-bond acceptors (Lipinski definition) is 6. The maximum Gasteiger partial charge on any atom is 0.335 e. The topological polar surface area (TPSA) is 98.7 Å². The molecule has 1 amide bonds. The van der Waals surface area contributed by atoms with Crippen LogP contribution in [0.5, 0.6) is 0 Å². The van der Waals surface area contributed by atoms with Crippen molar-refractivity contribution in [2.75, 3.05) is 22.2 Å². The lowest BCUT2D eigenvalue weighted by Gasteiger charge is -2.39. The van der Waals surface area contributed by atoms with Gasteiger partial charge in [0.1, 0.15) is 11.4 Å². The number of carbonyl (C=O) groups excluding carboxylic acids is 1. The van der Waals surface area contributed by atoms with Crippen molar-refractivity contribution >= 4 is 46.6 Å². The molecular weight excluding hydrogens is 394 g/mol. The predicted octanol–water partition coefficient (Wildman–Crippen LogP) is 3.81. The summed E-state index contributed by atoms with van der Waals surface area (Å²) in [6, 6.07) is 4.57. The van der Waals surface area contributed by atoms with E-state index in [0.29, 0.717) is 28.8 Å². The number of anilines is 4. The Bertz CT molecular complexity index is 1020. The van der Waals surface area contributed by atoms with Crippen molar-refractivity contribution in [1.82, 2.24) is 9.97 Å². The number of halogens is 1. The van der Waals surface area contributed by atoms with E-state index in [1.165, 1.54) is 17.0 Å². The van der Waals surface area contributed by atoms with Gasteiger partial charge < -0.3 is 20.2 Å². The fourth-order valence-corrected chi connectivity index (χ4v) is 4.03. The zero-order valence-corrected chi connectivity index (χ0v) is 16.6. The first-order chi connectivity index (χ1) is 13.9. The van der Waals surface area contributed by atoms with Crippen molar-refractivity contribution in [2.45, 2.75) is 31.7 Å². The highest BCUT2D eigenvalue weighted by Gasteiger charge is 2.37. The third-order valence-corrected chi connectivity index (χ3v) is 5.65. The number of benzene rings is 1. The fraction of sp³-hybridized carbons (Fsp3) is 0.300. The lowest BCUT2D eigenvalue weighted by atomic mass is 10.1. The molecule has 2 N–H and O–H groups in total. The van der Waals surface area contributed by atoms with Crippen LogP contribution in [0.1, 0.15) is 36.0 Å².